The monoisotopic (exact) mass is 286 g/mol. The minimum absolute atomic E-state index is 0.0553. The maximum atomic E-state index is 6.22. The molecule has 1 aliphatic rings. The van der Waals surface area contributed by atoms with E-state index in [1.807, 2.05) is 12.1 Å². The number of hydrogen-bond acceptors (Lipinski definition) is 5. The van der Waals surface area contributed by atoms with Gasteiger partial charge in [0.2, 0.25) is 11.7 Å². The average Bonchev–Trinajstić information content (AvgIpc) is 2.95. The van der Waals surface area contributed by atoms with Gasteiger partial charge in [-0.05, 0) is 36.3 Å². The van der Waals surface area contributed by atoms with E-state index in [2.05, 4.69) is 35.9 Å². The first-order valence-corrected chi connectivity index (χ1v) is 7.49. The first kappa shape index (κ1) is 14.2. The van der Waals surface area contributed by atoms with Crippen LogP contribution in [0.3, 0.4) is 0 Å². The van der Waals surface area contributed by atoms with Crippen LogP contribution in [0.5, 0.6) is 0 Å². The molecule has 0 aromatic carbocycles. The van der Waals surface area contributed by atoms with Crippen LogP contribution in [0.2, 0.25) is 0 Å². The van der Waals surface area contributed by atoms with Crippen molar-refractivity contribution in [3.8, 4) is 11.4 Å². The Morgan fingerprint density at radius 2 is 1.95 bits per heavy atom. The summed E-state index contributed by atoms with van der Waals surface area (Å²) in [6, 6.07) is 4.03. The molecule has 112 valence electrons. The molecule has 5 heteroatoms. The van der Waals surface area contributed by atoms with Crippen molar-refractivity contribution in [1.82, 2.24) is 15.1 Å². The van der Waals surface area contributed by atoms with Crippen LogP contribution in [-0.2, 0) is 0 Å². The zero-order valence-corrected chi connectivity index (χ0v) is 12.8. The fourth-order valence-corrected chi connectivity index (χ4v) is 3.29. The Morgan fingerprint density at radius 1 is 1.24 bits per heavy atom. The van der Waals surface area contributed by atoms with Gasteiger partial charge >= 0.3 is 0 Å². The van der Waals surface area contributed by atoms with Crippen molar-refractivity contribution in [3.05, 3.63) is 30.4 Å². The lowest BCUT2D eigenvalue weighted by Gasteiger charge is -2.45. The molecule has 0 saturated heterocycles. The van der Waals surface area contributed by atoms with Crippen molar-refractivity contribution in [2.75, 3.05) is 0 Å². The molecule has 3 unspecified atom stereocenters. The number of aromatic nitrogens is 3. The van der Waals surface area contributed by atoms with Crippen LogP contribution >= 0.6 is 0 Å². The second-order valence-corrected chi connectivity index (χ2v) is 6.60. The Kier molecular flexibility index (Phi) is 3.53. The van der Waals surface area contributed by atoms with E-state index in [9.17, 15) is 0 Å². The maximum absolute atomic E-state index is 6.22. The minimum atomic E-state index is 0.0553. The van der Waals surface area contributed by atoms with E-state index in [0.29, 0.717) is 11.7 Å². The summed E-state index contributed by atoms with van der Waals surface area (Å²) in [6.07, 6.45) is 5.47. The van der Waals surface area contributed by atoms with Crippen LogP contribution in [0.25, 0.3) is 11.4 Å². The zero-order chi connectivity index (χ0) is 15.0. The lowest BCUT2D eigenvalue weighted by Crippen LogP contribution is -2.45. The van der Waals surface area contributed by atoms with Gasteiger partial charge in [-0.3, -0.25) is 4.98 Å². The van der Waals surface area contributed by atoms with Gasteiger partial charge in [-0.2, -0.15) is 4.98 Å². The summed E-state index contributed by atoms with van der Waals surface area (Å²) in [6.45, 7) is 6.71. The molecule has 0 amide bonds. The van der Waals surface area contributed by atoms with Crippen molar-refractivity contribution < 1.29 is 4.52 Å². The molecule has 0 bridgehead atoms. The van der Waals surface area contributed by atoms with Gasteiger partial charge in [-0.15, -0.1) is 0 Å². The van der Waals surface area contributed by atoms with E-state index in [1.54, 1.807) is 12.4 Å². The third-order valence-electron chi connectivity index (χ3n) is 5.18. The van der Waals surface area contributed by atoms with Crippen LogP contribution in [0.4, 0.5) is 0 Å². The first-order chi connectivity index (χ1) is 10.00. The predicted octanol–water partition coefficient (Wildman–Crippen LogP) is 3.00. The number of hydrogen-bond donors (Lipinski definition) is 1. The maximum Gasteiger partial charge on any atom is 0.230 e. The molecule has 0 aliphatic heterocycles. The Balaban J connectivity index is 1.90. The highest BCUT2D eigenvalue weighted by atomic mass is 16.5. The Bertz CT molecular complexity index is 608. The third-order valence-corrected chi connectivity index (χ3v) is 5.18. The zero-order valence-electron chi connectivity index (χ0n) is 12.8. The molecule has 0 radical (unpaired) electrons. The number of nitrogens with zero attached hydrogens (tertiary/aromatic N) is 3. The van der Waals surface area contributed by atoms with Crippen molar-refractivity contribution >= 4 is 0 Å². The average molecular weight is 286 g/mol. The van der Waals surface area contributed by atoms with Crippen LogP contribution in [-0.4, -0.2) is 21.2 Å². The molecule has 2 aromatic heterocycles. The molecular formula is C16H22N4O. The van der Waals surface area contributed by atoms with E-state index in [0.717, 1.165) is 24.3 Å². The van der Waals surface area contributed by atoms with Crippen LogP contribution in [0.15, 0.2) is 29.0 Å². The molecule has 2 heterocycles. The Hall–Kier alpha value is -1.75. The van der Waals surface area contributed by atoms with Crippen molar-refractivity contribution in [2.45, 2.75) is 45.6 Å². The molecule has 21 heavy (non-hydrogen) atoms. The normalized spacial score (nSPS) is 28.5. The SMILES string of the molecule is CC1C(N)CCC(c2nc(-c3ccncc3)no2)C1(C)C. The molecule has 2 N–H and O–H groups in total. The number of nitrogens with two attached hydrogens (primary N) is 1. The van der Waals surface area contributed by atoms with E-state index >= 15 is 0 Å². The Labute approximate surface area is 125 Å². The van der Waals surface area contributed by atoms with Gasteiger partial charge in [0.05, 0.1) is 0 Å². The van der Waals surface area contributed by atoms with Gasteiger partial charge < -0.3 is 10.3 Å². The van der Waals surface area contributed by atoms with E-state index in [-0.39, 0.29) is 17.4 Å². The summed E-state index contributed by atoms with van der Waals surface area (Å²) in [5.74, 6) is 2.04. The molecule has 1 aliphatic carbocycles. The molecule has 1 fully saturated rings. The quantitative estimate of drug-likeness (QED) is 0.918. The smallest absolute Gasteiger partial charge is 0.230 e. The summed E-state index contributed by atoms with van der Waals surface area (Å²) in [7, 11) is 0. The molecule has 5 nitrogen and oxygen atoms in total. The summed E-state index contributed by atoms with van der Waals surface area (Å²) < 4.78 is 5.56. The molecule has 1 saturated carbocycles. The van der Waals surface area contributed by atoms with Gasteiger partial charge in [-0.1, -0.05) is 25.9 Å². The van der Waals surface area contributed by atoms with Gasteiger partial charge in [0.1, 0.15) is 0 Å². The van der Waals surface area contributed by atoms with Crippen LogP contribution in [0, 0.1) is 11.3 Å². The van der Waals surface area contributed by atoms with E-state index in [4.69, 9.17) is 10.3 Å². The summed E-state index contributed by atoms with van der Waals surface area (Å²) in [4.78, 5) is 8.62. The highest BCUT2D eigenvalue weighted by Gasteiger charge is 2.44. The van der Waals surface area contributed by atoms with Crippen molar-refractivity contribution in [3.63, 3.8) is 0 Å². The molecule has 3 atom stereocenters. The molecule has 3 rings (SSSR count). The Morgan fingerprint density at radius 3 is 2.67 bits per heavy atom. The summed E-state index contributed by atoms with van der Waals surface area (Å²) in [5, 5.41) is 4.13. The molecule has 2 aromatic rings. The topological polar surface area (TPSA) is 77.8 Å². The summed E-state index contributed by atoms with van der Waals surface area (Å²) in [5.41, 5.74) is 7.20. The first-order valence-electron chi connectivity index (χ1n) is 7.49. The fourth-order valence-electron chi connectivity index (χ4n) is 3.29. The van der Waals surface area contributed by atoms with Gasteiger partial charge in [0.25, 0.3) is 0 Å². The van der Waals surface area contributed by atoms with Gasteiger partial charge in [0, 0.05) is 29.9 Å². The molecular weight excluding hydrogens is 264 g/mol. The highest BCUT2D eigenvalue weighted by molar-refractivity contribution is 5.52. The number of pyridine rings is 1. The van der Waals surface area contributed by atoms with E-state index < -0.39 is 0 Å². The van der Waals surface area contributed by atoms with Crippen molar-refractivity contribution in [1.29, 1.82) is 0 Å². The largest absolute Gasteiger partial charge is 0.339 e. The predicted molar refractivity (Wildman–Crippen MR) is 80.4 cm³/mol. The number of rotatable bonds is 2. The van der Waals surface area contributed by atoms with Crippen LogP contribution < -0.4 is 5.73 Å². The van der Waals surface area contributed by atoms with Crippen molar-refractivity contribution in [2.24, 2.45) is 17.1 Å². The second-order valence-electron chi connectivity index (χ2n) is 6.60. The molecule has 0 spiro atoms. The van der Waals surface area contributed by atoms with Crippen LogP contribution in [0.1, 0.15) is 45.4 Å². The lowest BCUT2D eigenvalue weighted by atomic mass is 9.61. The summed E-state index contributed by atoms with van der Waals surface area (Å²) >= 11 is 0. The lowest BCUT2D eigenvalue weighted by molar-refractivity contribution is 0.0806. The minimum Gasteiger partial charge on any atom is -0.339 e. The fraction of sp³-hybridized carbons (Fsp3) is 0.562. The third kappa shape index (κ3) is 2.46. The van der Waals surface area contributed by atoms with E-state index in [1.165, 1.54) is 0 Å². The second kappa shape index (κ2) is 5.22. The van der Waals surface area contributed by atoms with Gasteiger partial charge in [-0.25, -0.2) is 0 Å². The highest BCUT2D eigenvalue weighted by Crippen LogP contribution is 2.49. The van der Waals surface area contributed by atoms with Gasteiger partial charge in [0.15, 0.2) is 0 Å². The standard InChI is InChI=1S/C16H22N4O/c1-10-13(17)5-4-12(16(10,2)3)15-19-14(20-21-15)11-6-8-18-9-7-11/h6-10,12-13H,4-5,17H2,1-3H3.